The Labute approximate surface area is 137 Å². The number of hydrogen-bond acceptors (Lipinski definition) is 4. The van der Waals surface area contributed by atoms with Crippen LogP contribution in [0.25, 0.3) is 0 Å². The summed E-state index contributed by atoms with van der Waals surface area (Å²) in [7, 11) is 3.27. The molecule has 128 valence electrons. The fourth-order valence-electron chi connectivity index (χ4n) is 4.55. The molecule has 0 spiro atoms. The third-order valence-electron chi connectivity index (χ3n) is 5.45. The zero-order valence-corrected chi connectivity index (χ0v) is 14.8. The molecule has 0 saturated heterocycles. The summed E-state index contributed by atoms with van der Waals surface area (Å²) in [6.07, 6.45) is 3.59. The number of rotatable bonds is 1. The standard InChI is InChI=1S/C17H28N4O2/c1-11-6-12(8-17(2,3)7-11)21-9-13-14(18-10-21)19(4)16(23)20(5)15(13)22/h11-12,18H,6-10H2,1-5H3/t11-,12+/m1/s1. The molecule has 0 aromatic carbocycles. The first kappa shape index (κ1) is 16.3. The zero-order chi connectivity index (χ0) is 16.9. The maximum absolute atomic E-state index is 12.5. The summed E-state index contributed by atoms with van der Waals surface area (Å²) < 4.78 is 2.75. The highest BCUT2D eigenvalue weighted by molar-refractivity contribution is 5.45. The Morgan fingerprint density at radius 3 is 2.48 bits per heavy atom. The first-order valence-electron chi connectivity index (χ1n) is 8.46. The molecular weight excluding hydrogens is 292 g/mol. The van der Waals surface area contributed by atoms with E-state index in [0.717, 1.165) is 6.42 Å². The molecule has 23 heavy (non-hydrogen) atoms. The van der Waals surface area contributed by atoms with Crippen molar-refractivity contribution in [1.29, 1.82) is 0 Å². The van der Waals surface area contributed by atoms with Gasteiger partial charge in [0.15, 0.2) is 0 Å². The molecule has 0 radical (unpaired) electrons. The van der Waals surface area contributed by atoms with Crippen molar-refractivity contribution >= 4 is 5.82 Å². The SMILES string of the molecule is C[C@@H]1C[C@H](N2CNc3c(c(=O)n(C)c(=O)n3C)C2)CC(C)(C)C1. The second-order valence-electron chi connectivity index (χ2n) is 8.18. The molecule has 3 rings (SSSR count). The van der Waals surface area contributed by atoms with E-state index in [-0.39, 0.29) is 11.2 Å². The van der Waals surface area contributed by atoms with E-state index in [1.54, 1.807) is 18.7 Å². The van der Waals surface area contributed by atoms with Gasteiger partial charge in [0.05, 0.1) is 12.2 Å². The zero-order valence-electron chi connectivity index (χ0n) is 14.8. The quantitative estimate of drug-likeness (QED) is 0.851. The molecule has 1 aromatic heterocycles. The minimum atomic E-state index is -0.276. The predicted octanol–water partition coefficient (Wildman–Crippen LogP) is 1.48. The second-order valence-corrected chi connectivity index (χ2v) is 8.18. The fraction of sp³-hybridized carbons (Fsp3) is 0.765. The Morgan fingerprint density at radius 2 is 1.83 bits per heavy atom. The minimum absolute atomic E-state index is 0.177. The van der Waals surface area contributed by atoms with Gasteiger partial charge in [-0.25, -0.2) is 4.79 Å². The fourth-order valence-corrected chi connectivity index (χ4v) is 4.55. The average molecular weight is 320 g/mol. The number of fused-ring (bicyclic) bond motifs is 1. The third kappa shape index (κ3) is 2.84. The monoisotopic (exact) mass is 320 g/mol. The minimum Gasteiger partial charge on any atom is -0.358 e. The van der Waals surface area contributed by atoms with Gasteiger partial charge < -0.3 is 5.32 Å². The van der Waals surface area contributed by atoms with Crippen LogP contribution in [-0.2, 0) is 20.6 Å². The molecule has 0 unspecified atom stereocenters. The summed E-state index contributed by atoms with van der Waals surface area (Å²) in [5.74, 6) is 1.38. The van der Waals surface area contributed by atoms with Gasteiger partial charge in [-0.3, -0.25) is 18.8 Å². The van der Waals surface area contributed by atoms with Gasteiger partial charge in [-0.2, -0.15) is 0 Å². The lowest BCUT2D eigenvalue weighted by molar-refractivity contribution is 0.0636. The molecule has 6 heteroatoms. The number of aromatic nitrogens is 2. The average Bonchev–Trinajstić information content (AvgIpc) is 2.48. The lowest BCUT2D eigenvalue weighted by Gasteiger charge is -2.45. The molecule has 1 N–H and O–H groups in total. The first-order valence-corrected chi connectivity index (χ1v) is 8.46. The van der Waals surface area contributed by atoms with Gasteiger partial charge >= 0.3 is 5.69 Å². The molecule has 0 bridgehead atoms. The van der Waals surface area contributed by atoms with Crippen LogP contribution in [0.1, 0.15) is 45.6 Å². The van der Waals surface area contributed by atoms with Crippen LogP contribution >= 0.6 is 0 Å². The van der Waals surface area contributed by atoms with Crippen LogP contribution in [0.4, 0.5) is 5.82 Å². The van der Waals surface area contributed by atoms with Crippen molar-refractivity contribution in [3.05, 3.63) is 26.4 Å². The molecule has 2 aliphatic rings. The van der Waals surface area contributed by atoms with Crippen molar-refractivity contribution in [2.75, 3.05) is 12.0 Å². The predicted molar refractivity (Wildman–Crippen MR) is 91.5 cm³/mol. The smallest absolute Gasteiger partial charge is 0.332 e. The van der Waals surface area contributed by atoms with Gasteiger partial charge in [0, 0.05) is 26.7 Å². The van der Waals surface area contributed by atoms with Crippen LogP contribution in [0.15, 0.2) is 9.59 Å². The van der Waals surface area contributed by atoms with Crippen molar-refractivity contribution in [1.82, 2.24) is 14.0 Å². The van der Waals surface area contributed by atoms with Crippen molar-refractivity contribution in [3.8, 4) is 0 Å². The van der Waals surface area contributed by atoms with Gasteiger partial charge in [-0.15, -0.1) is 0 Å². The van der Waals surface area contributed by atoms with Crippen LogP contribution in [-0.4, -0.2) is 26.7 Å². The van der Waals surface area contributed by atoms with Crippen molar-refractivity contribution in [2.45, 2.75) is 52.6 Å². The summed E-state index contributed by atoms with van der Waals surface area (Å²) in [5.41, 5.74) is 0.597. The van der Waals surface area contributed by atoms with Crippen molar-refractivity contribution < 1.29 is 0 Å². The largest absolute Gasteiger partial charge is 0.358 e. The summed E-state index contributed by atoms with van der Waals surface area (Å²) >= 11 is 0. The maximum Gasteiger partial charge on any atom is 0.332 e. The number of nitrogens with zero attached hydrogens (tertiary/aromatic N) is 3. The van der Waals surface area contributed by atoms with Crippen LogP contribution in [0.2, 0.25) is 0 Å². The topological polar surface area (TPSA) is 59.3 Å². The van der Waals surface area contributed by atoms with Crippen LogP contribution in [0.3, 0.4) is 0 Å². The highest BCUT2D eigenvalue weighted by atomic mass is 16.2. The van der Waals surface area contributed by atoms with E-state index < -0.39 is 0 Å². The van der Waals surface area contributed by atoms with Gasteiger partial charge in [0.1, 0.15) is 5.82 Å². The Balaban J connectivity index is 1.92. The van der Waals surface area contributed by atoms with E-state index in [4.69, 9.17) is 0 Å². The number of hydrogen-bond donors (Lipinski definition) is 1. The molecule has 0 amide bonds. The van der Waals surface area contributed by atoms with Crippen LogP contribution < -0.4 is 16.6 Å². The number of nitrogens with one attached hydrogen (secondary N) is 1. The highest BCUT2D eigenvalue weighted by Gasteiger charge is 2.36. The molecule has 1 saturated carbocycles. The van der Waals surface area contributed by atoms with Gasteiger partial charge in [0.25, 0.3) is 5.56 Å². The van der Waals surface area contributed by atoms with E-state index in [0.29, 0.717) is 42.0 Å². The summed E-state index contributed by atoms with van der Waals surface area (Å²) in [6, 6.07) is 0.483. The summed E-state index contributed by atoms with van der Waals surface area (Å²) in [6.45, 7) is 8.31. The molecule has 1 aliphatic heterocycles. The Kier molecular flexibility index (Phi) is 3.91. The van der Waals surface area contributed by atoms with Crippen molar-refractivity contribution in [2.24, 2.45) is 25.4 Å². The van der Waals surface area contributed by atoms with Crippen molar-refractivity contribution in [3.63, 3.8) is 0 Å². The first-order chi connectivity index (χ1) is 10.7. The molecule has 1 aliphatic carbocycles. The third-order valence-corrected chi connectivity index (χ3v) is 5.45. The van der Waals surface area contributed by atoms with E-state index in [2.05, 4.69) is 31.0 Å². The molecule has 2 heterocycles. The molecule has 6 nitrogen and oxygen atoms in total. The van der Waals surface area contributed by atoms with E-state index in [1.807, 2.05) is 0 Å². The van der Waals surface area contributed by atoms with Crippen LogP contribution in [0.5, 0.6) is 0 Å². The maximum atomic E-state index is 12.5. The van der Waals surface area contributed by atoms with Gasteiger partial charge in [-0.05, 0) is 30.6 Å². The lowest BCUT2D eigenvalue weighted by atomic mass is 9.70. The summed E-state index contributed by atoms with van der Waals surface area (Å²) in [5, 5.41) is 3.30. The lowest BCUT2D eigenvalue weighted by Crippen LogP contribution is -2.51. The second kappa shape index (κ2) is 5.51. The van der Waals surface area contributed by atoms with Gasteiger partial charge in [-0.1, -0.05) is 20.8 Å². The number of anilines is 1. The molecular formula is C17H28N4O2. The highest BCUT2D eigenvalue weighted by Crippen LogP contribution is 2.41. The summed E-state index contributed by atoms with van der Waals surface area (Å²) in [4.78, 5) is 26.9. The molecule has 1 aromatic rings. The molecule has 1 fully saturated rings. The van der Waals surface area contributed by atoms with E-state index in [9.17, 15) is 9.59 Å². The normalized spacial score (nSPS) is 27.3. The Morgan fingerprint density at radius 1 is 1.13 bits per heavy atom. The van der Waals surface area contributed by atoms with Gasteiger partial charge in [0.2, 0.25) is 0 Å². The van der Waals surface area contributed by atoms with E-state index in [1.165, 1.54) is 17.4 Å². The Bertz CT molecular complexity index is 731. The molecule has 2 atom stereocenters. The van der Waals surface area contributed by atoms with Crippen LogP contribution in [0, 0.1) is 11.3 Å². The Hall–Kier alpha value is -1.56. The van der Waals surface area contributed by atoms with E-state index >= 15 is 0 Å².